The fraction of sp³-hybridized carbons (Fsp3) is 0.200. The Morgan fingerprint density at radius 3 is 2.61 bits per heavy atom. The molecule has 3 heterocycles. The molecule has 0 amide bonds. The number of pyridine rings is 1. The van der Waals surface area contributed by atoms with Crippen molar-refractivity contribution < 1.29 is 9.53 Å². The first-order valence-corrected chi connectivity index (χ1v) is 11.4. The Bertz CT molecular complexity index is 1570. The van der Waals surface area contributed by atoms with Crippen LogP contribution in [-0.2, 0) is 11.3 Å². The van der Waals surface area contributed by atoms with Gasteiger partial charge in [0.05, 0.1) is 22.2 Å². The van der Waals surface area contributed by atoms with Gasteiger partial charge in [0.2, 0.25) is 5.43 Å². The molecule has 0 saturated carbocycles. The van der Waals surface area contributed by atoms with Gasteiger partial charge in [-0.3, -0.25) is 9.20 Å². The van der Waals surface area contributed by atoms with Gasteiger partial charge in [-0.05, 0) is 38.7 Å². The Hall–Kier alpha value is -3.62. The summed E-state index contributed by atoms with van der Waals surface area (Å²) in [5, 5.41) is 0.284. The Balaban J connectivity index is 1.78. The predicted molar refractivity (Wildman–Crippen MR) is 131 cm³/mol. The molecule has 7 nitrogen and oxygen atoms in total. The van der Waals surface area contributed by atoms with Gasteiger partial charge in [0.15, 0.2) is 11.5 Å². The summed E-state index contributed by atoms with van der Waals surface area (Å²) >= 11 is 1.38. The van der Waals surface area contributed by atoms with E-state index < -0.39 is 11.4 Å². The van der Waals surface area contributed by atoms with E-state index in [-0.39, 0.29) is 17.6 Å². The van der Waals surface area contributed by atoms with Gasteiger partial charge in [0, 0.05) is 18.3 Å². The van der Waals surface area contributed by atoms with Crippen LogP contribution in [0, 0.1) is 0 Å². The molecule has 0 spiro atoms. The van der Waals surface area contributed by atoms with E-state index in [0.717, 1.165) is 22.3 Å². The quantitative estimate of drug-likeness (QED) is 0.364. The summed E-state index contributed by atoms with van der Waals surface area (Å²) in [5.41, 5.74) is 3.00. The highest BCUT2D eigenvalue weighted by Gasteiger charge is 2.24. The second-order valence-electron chi connectivity index (χ2n) is 8.00. The first-order chi connectivity index (χ1) is 16.0. The fourth-order valence-electron chi connectivity index (χ4n) is 3.94. The molecule has 0 saturated heterocycles. The van der Waals surface area contributed by atoms with E-state index >= 15 is 0 Å². The van der Waals surface area contributed by atoms with Gasteiger partial charge in [0.25, 0.3) is 0 Å². The minimum absolute atomic E-state index is 0.0231. The lowest BCUT2D eigenvalue weighted by atomic mass is 10.1. The molecule has 5 aromatic rings. The van der Waals surface area contributed by atoms with Gasteiger partial charge in [-0.25, -0.2) is 14.8 Å². The highest BCUT2D eigenvalue weighted by Crippen LogP contribution is 2.31. The van der Waals surface area contributed by atoms with E-state index in [1.807, 2.05) is 54.9 Å². The zero-order valence-electron chi connectivity index (χ0n) is 18.5. The summed E-state index contributed by atoms with van der Waals surface area (Å²) in [4.78, 5) is 37.9. The largest absolute Gasteiger partial charge is 0.462 e. The van der Waals surface area contributed by atoms with Crippen LogP contribution in [0.3, 0.4) is 0 Å². The van der Waals surface area contributed by atoms with Crippen molar-refractivity contribution in [3.8, 4) is 11.4 Å². The van der Waals surface area contributed by atoms with Gasteiger partial charge in [0.1, 0.15) is 10.4 Å². The van der Waals surface area contributed by atoms with Gasteiger partial charge < -0.3 is 9.64 Å². The second-order valence-corrected chi connectivity index (χ2v) is 9.03. The Morgan fingerprint density at radius 2 is 1.88 bits per heavy atom. The molecule has 0 bridgehead atoms. The monoisotopic (exact) mass is 458 g/mol. The predicted octanol–water partition coefficient (Wildman–Crippen LogP) is 4.36. The van der Waals surface area contributed by atoms with Crippen molar-refractivity contribution in [2.75, 3.05) is 20.7 Å². The Morgan fingerprint density at radius 1 is 1.12 bits per heavy atom. The molecule has 0 radical (unpaired) electrons. The van der Waals surface area contributed by atoms with E-state index in [0.29, 0.717) is 16.3 Å². The zero-order chi connectivity index (χ0) is 23.1. The van der Waals surface area contributed by atoms with E-state index in [9.17, 15) is 9.59 Å². The molecule has 0 fully saturated rings. The standard InChI is InChI=1S/C25H22N4O3S/c1-4-32-25(31)20-21(30)17-13-26-22(16-11-9-15(10-12-16)14-28(2)3)27-23(17)29-18-7-5-6-8-19(18)33-24(20)29/h5-13H,4,14H2,1-3H3. The molecule has 33 heavy (non-hydrogen) atoms. The number of aromatic nitrogens is 3. The van der Waals surface area contributed by atoms with Crippen LogP contribution in [0.15, 0.2) is 59.5 Å². The number of benzene rings is 2. The van der Waals surface area contributed by atoms with E-state index in [4.69, 9.17) is 9.72 Å². The van der Waals surface area contributed by atoms with Gasteiger partial charge in [-0.2, -0.15) is 0 Å². The molecule has 0 aliphatic carbocycles. The zero-order valence-corrected chi connectivity index (χ0v) is 19.3. The Kier molecular flexibility index (Phi) is 5.39. The third kappa shape index (κ3) is 3.67. The van der Waals surface area contributed by atoms with Crippen molar-refractivity contribution in [2.24, 2.45) is 0 Å². The summed E-state index contributed by atoms with van der Waals surface area (Å²) in [6, 6.07) is 15.8. The van der Waals surface area contributed by atoms with Crippen LogP contribution in [0.5, 0.6) is 0 Å². The lowest BCUT2D eigenvalue weighted by Gasteiger charge is -2.11. The maximum absolute atomic E-state index is 13.3. The summed E-state index contributed by atoms with van der Waals surface area (Å²) in [6.07, 6.45) is 1.51. The number of hydrogen-bond acceptors (Lipinski definition) is 7. The average Bonchev–Trinajstić information content (AvgIpc) is 3.18. The lowest BCUT2D eigenvalue weighted by molar-refractivity contribution is 0.0527. The summed E-state index contributed by atoms with van der Waals surface area (Å²) in [6.45, 7) is 2.75. The molecule has 0 unspecified atom stereocenters. The van der Waals surface area contributed by atoms with Crippen LogP contribution in [0.25, 0.3) is 37.5 Å². The smallest absolute Gasteiger partial charge is 0.345 e. The number of fused-ring (bicyclic) bond motifs is 5. The van der Waals surface area contributed by atoms with Crippen molar-refractivity contribution >= 4 is 43.4 Å². The summed E-state index contributed by atoms with van der Waals surface area (Å²) in [5.74, 6) is -0.111. The molecule has 166 valence electrons. The lowest BCUT2D eigenvalue weighted by Crippen LogP contribution is -2.20. The minimum atomic E-state index is -0.631. The third-order valence-electron chi connectivity index (χ3n) is 5.37. The third-order valence-corrected chi connectivity index (χ3v) is 6.52. The molecule has 8 heteroatoms. The number of esters is 1. The maximum atomic E-state index is 13.3. The molecular weight excluding hydrogens is 436 g/mol. The van der Waals surface area contributed by atoms with Gasteiger partial charge in [-0.15, -0.1) is 11.3 Å². The number of nitrogens with zero attached hydrogens (tertiary/aromatic N) is 4. The maximum Gasteiger partial charge on any atom is 0.345 e. The van der Waals surface area contributed by atoms with Crippen LogP contribution < -0.4 is 5.43 Å². The second kappa shape index (κ2) is 8.38. The van der Waals surface area contributed by atoms with Crippen LogP contribution in [-0.4, -0.2) is 45.9 Å². The van der Waals surface area contributed by atoms with Crippen molar-refractivity contribution in [2.45, 2.75) is 13.5 Å². The first kappa shape index (κ1) is 21.2. The van der Waals surface area contributed by atoms with Crippen LogP contribution >= 0.6 is 11.3 Å². The van der Waals surface area contributed by atoms with Crippen molar-refractivity contribution in [3.05, 3.63) is 76.1 Å². The van der Waals surface area contributed by atoms with Crippen molar-refractivity contribution in [1.29, 1.82) is 0 Å². The molecule has 0 aliphatic rings. The normalized spacial score (nSPS) is 11.6. The van der Waals surface area contributed by atoms with Crippen LogP contribution in [0.1, 0.15) is 22.8 Å². The van der Waals surface area contributed by atoms with Gasteiger partial charge in [-0.1, -0.05) is 36.4 Å². The summed E-state index contributed by atoms with van der Waals surface area (Å²) < 4.78 is 8.02. The molecule has 0 atom stereocenters. The average molecular weight is 459 g/mol. The van der Waals surface area contributed by atoms with E-state index in [2.05, 4.69) is 22.0 Å². The molecule has 0 N–H and O–H groups in total. The van der Waals surface area contributed by atoms with Gasteiger partial charge >= 0.3 is 5.97 Å². The molecule has 5 rings (SSSR count). The highest BCUT2D eigenvalue weighted by molar-refractivity contribution is 7.24. The van der Waals surface area contributed by atoms with E-state index in [1.165, 1.54) is 23.1 Å². The molecule has 3 aromatic heterocycles. The first-order valence-electron chi connectivity index (χ1n) is 10.6. The SMILES string of the molecule is CCOC(=O)c1c(=O)c2cnc(-c3ccc(CN(C)C)cc3)nc2n2c1sc1ccccc12. The number of rotatable bonds is 5. The van der Waals surface area contributed by atoms with Crippen LogP contribution in [0.2, 0.25) is 0 Å². The van der Waals surface area contributed by atoms with Crippen LogP contribution in [0.4, 0.5) is 0 Å². The number of thiazole rings is 1. The van der Waals surface area contributed by atoms with Crippen molar-refractivity contribution in [1.82, 2.24) is 19.3 Å². The number of para-hydroxylation sites is 1. The number of ether oxygens (including phenoxy) is 1. The number of carbonyl (C=O) groups is 1. The molecule has 0 aliphatic heterocycles. The van der Waals surface area contributed by atoms with Crippen molar-refractivity contribution in [3.63, 3.8) is 0 Å². The minimum Gasteiger partial charge on any atom is -0.462 e. The highest BCUT2D eigenvalue weighted by atomic mass is 32.1. The fourth-order valence-corrected chi connectivity index (χ4v) is 5.12. The van der Waals surface area contributed by atoms with E-state index in [1.54, 1.807) is 6.92 Å². The molecule has 2 aromatic carbocycles. The Labute approximate surface area is 193 Å². The topological polar surface area (TPSA) is 76.8 Å². The molecular formula is C25H22N4O3S. The summed E-state index contributed by atoms with van der Waals surface area (Å²) in [7, 11) is 4.05. The number of carbonyl (C=O) groups excluding carboxylic acids is 1. The number of hydrogen-bond donors (Lipinski definition) is 0.